The Bertz CT molecular complexity index is 319. The molecule has 5 heteroatoms. The normalized spacial score (nSPS) is 9.86. The number of amides is 1. The first-order valence-electron chi connectivity index (χ1n) is 4.12. The third kappa shape index (κ3) is 3.55. The second-order valence-corrected chi connectivity index (χ2v) is 4.03. The number of thioether (sulfide) groups is 1. The highest BCUT2D eigenvalue weighted by atomic mass is 35.5. The van der Waals surface area contributed by atoms with Gasteiger partial charge in [0.15, 0.2) is 0 Å². The summed E-state index contributed by atoms with van der Waals surface area (Å²) in [6.07, 6.45) is 3.51. The fourth-order valence-corrected chi connectivity index (χ4v) is 1.35. The molecular formula is C9H11ClN2OS. The first-order valence-corrected chi connectivity index (χ1v) is 5.90. The molecule has 1 N–H and O–H groups in total. The molecule has 0 unspecified atom stereocenters. The van der Waals surface area contributed by atoms with Crippen LogP contribution in [0.1, 0.15) is 10.5 Å². The lowest BCUT2D eigenvalue weighted by molar-refractivity contribution is 0.0951. The van der Waals surface area contributed by atoms with Gasteiger partial charge < -0.3 is 5.32 Å². The van der Waals surface area contributed by atoms with Gasteiger partial charge in [-0.3, -0.25) is 9.78 Å². The molecule has 0 radical (unpaired) electrons. The van der Waals surface area contributed by atoms with Gasteiger partial charge in [0.05, 0.1) is 0 Å². The van der Waals surface area contributed by atoms with Crippen molar-refractivity contribution in [1.82, 2.24) is 10.3 Å². The maximum Gasteiger partial charge on any atom is 0.269 e. The van der Waals surface area contributed by atoms with Crippen molar-refractivity contribution < 1.29 is 4.79 Å². The Balaban J connectivity index is 2.52. The molecule has 1 aromatic heterocycles. The fourth-order valence-electron chi connectivity index (χ4n) is 0.886. The van der Waals surface area contributed by atoms with Crippen LogP contribution >= 0.6 is 23.4 Å². The van der Waals surface area contributed by atoms with E-state index in [1.54, 1.807) is 23.9 Å². The Labute approximate surface area is 92.2 Å². The van der Waals surface area contributed by atoms with Crippen molar-refractivity contribution in [3.05, 3.63) is 29.0 Å². The first kappa shape index (κ1) is 11.3. The lowest BCUT2D eigenvalue weighted by Crippen LogP contribution is -2.26. The molecule has 0 bridgehead atoms. The molecular weight excluding hydrogens is 220 g/mol. The number of carbonyl (C=O) groups is 1. The van der Waals surface area contributed by atoms with Gasteiger partial charge in [-0.25, -0.2) is 0 Å². The van der Waals surface area contributed by atoms with Crippen molar-refractivity contribution in [2.24, 2.45) is 0 Å². The van der Waals surface area contributed by atoms with Crippen LogP contribution in [0.15, 0.2) is 18.3 Å². The van der Waals surface area contributed by atoms with Crippen molar-refractivity contribution in [1.29, 1.82) is 0 Å². The molecule has 3 nitrogen and oxygen atoms in total. The molecule has 1 heterocycles. The van der Waals surface area contributed by atoms with Gasteiger partial charge in [0.25, 0.3) is 5.91 Å². The van der Waals surface area contributed by atoms with Crippen molar-refractivity contribution in [3.63, 3.8) is 0 Å². The monoisotopic (exact) mass is 230 g/mol. The van der Waals surface area contributed by atoms with Crippen molar-refractivity contribution in [2.75, 3.05) is 18.6 Å². The number of rotatable bonds is 4. The largest absolute Gasteiger partial charge is 0.350 e. The fraction of sp³-hybridized carbons (Fsp3) is 0.333. The molecule has 0 saturated carbocycles. The summed E-state index contributed by atoms with van der Waals surface area (Å²) >= 11 is 7.41. The average molecular weight is 231 g/mol. The molecule has 0 aromatic carbocycles. The van der Waals surface area contributed by atoms with Crippen molar-refractivity contribution in [2.45, 2.75) is 0 Å². The third-order valence-corrected chi connectivity index (χ3v) is 2.39. The van der Waals surface area contributed by atoms with Gasteiger partial charge in [-0.1, -0.05) is 11.6 Å². The zero-order valence-electron chi connectivity index (χ0n) is 7.79. The highest BCUT2D eigenvalue weighted by Crippen LogP contribution is 2.07. The highest BCUT2D eigenvalue weighted by molar-refractivity contribution is 7.98. The van der Waals surface area contributed by atoms with Gasteiger partial charge in [0, 0.05) is 23.5 Å². The number of carbonyl (C=O) groups excluding carboxylic acids is 1. The SMILES string of the molecule is CSCCNC(=O)c1cc(Cl)ccn1. The number of pyridine rings is 1. The maximum absolute atomic E-state index is 11.4. The van der Waals surface area contributed by atoms with E-state index in [4.69, 9.17) is 11.6 Å². The molecule has 14 heavy (non-hydrogen) atoms. The molecule has 0 aliphatic rings. The summed E-state index contributed by atoms with van der Waals surface area (Å²) in [6.45, 7) is 0.647. The number of nitrogens with one attached hydrogen (secondary N) is 1. The minimum absolute atomic E-state index is 0.179. The van der Waals surface area contributed by atoms with Gasteiger partial charge in [0.1, 0.15) is 5.69 Å². The molecule has 0 fully saturated rings. The summed E-state index contributed by atoms with van der Waals surface area (Å²) in [5.41, 5.74) is 0.360. The van der Waals surface area contributed by atoms with E-state index in [2.05, 4.69) is 10.3 Å². The molecule has 1 rings (SSSR count). The van der Waals surface area contributed by atoms with Crippen LogP contribution in [0, 0.1) is 0 Å². The average Bonchev–Trinajstić information content (AvgIpc) is 2.18. The van der Waals surface area contributed by atoms with Gasteiger partial charge >= 0.3 is 0 Å². The van der Waals surface area contributed by atoms with E-state index in [0.29, 0.717) is 17.3 Å². The second kappa shape index (κ2) is 5.88. The summed E-state index contributed by atoms with van der Waals surface area (Å²) in [6, 6.07) is 3.19. The molecule has 0 aliphatic carbocycles. The molecule has 0 spiro atoms. The molecule has 0 atom stereocenters. The zero-order valence-corrected chi connectivity index (χ0v) is 9.36. The van der Waals surface area contributed by atoms with Gasteiger partial charge in [-0.2, -0.15) is 11.8 Å². The van der Waals surface area contributed by atoms with Gasteiger partial charge in [0.2, 0.25) is 0 Å². The Morgan fingerprint density at radius 3 is 3.14 bits per heavy atom. The second-order valence-electron chi connectivity index (χ2n) is 2.61. The van der Waals surface area contributed by atoms with Crippen molar-refractivity contribution in [3.8, 4) is 0 Å². The predicted octanol–water partition coefficient (Wildman–Crippen LogP) is 1.83. The standard InChI is InChI=1S/C9H11ClN2OS/c1-14-5-4-12-9(13)8-6-7(10)2-3-11-8/h2-3,6H,4-5H2,1H3,(H,12,13). The summed E-state index contributed by atoms with van der Waals surface area (Å²) in [7, 11) is 0. The van der Waals surface area contributed by atoms with Crippen LogP contribution < -0.4 is 5.32 Å². The van der Waals surface area contributed by atoms with E-state index in [1.165, 1.54) is 6.20 Å². The Hall–Kier alpha value is -0.740. The lowest BCUT2D eigenvalue weighted by Gasteiger charge is -2.02. The van der Waals surface area contributed by atoms with E-state index < -0.39 is 0 Å². The van der Waals surface area contributed by atoms with E-state index in [-0.39, 0.29) is 5.91 Å². The molecule has 0 aliphatic heterocycles. The molecule has 1 aromatic rings. The number of aromatic nitrogens is 1. The van der Waals surface area contributed by atoms with Gasteiger partial charge in [-0.15, -0.1) is 0 Å². The summed E-state index contributed by atoms with van der Waals surface area (Å²) < 4.78 is 0. The van der Waals surface area contributed by atoms with E-state index in [1.807, 2.05) is 6.26 Å². The van der Waals surface area contributed by atoms with Crippen LogP contribution in [0.4, 0.5) is 0 Å². The van der Waals surface area contributed by atoms with E-state index >= 15 is 0 Å². The number of hydrogen-bond donors (Lipinski definition) is 1. The zero-order chi connectivity index (χ0) is 10.4. The van der Waals surface area contributed by atoms with Crippen LogP contribution in [-0.2, 0) is 0 Å². The van der Waals surface area contributed by atoms with Crippen LogP contribution in [0.3, 0.4) is 0 Å². The van der Waals surface area contributed by atoms with E-state index in [0.717, 1.165) is 5.75 Å². The molecule has 76 valence electrons. The first-order chi connectivity index (χ1) is 6.74. The topological polar surface area (TPSA) is 42.0 Å². The highest BCUT2D eigenvalue weighted by Gasteiger charge is 2.05. The summed E-state index contributed by atoms with van der Waals surface area (Å²) in [5, 5.41) is 3.27. The maximum atomic E-state index is 11.4. The van der Waals surface area contributed by atoms with Crippen LogP contribution in [0.5, 0.6) is 0 Å². The quantitative estimate of drug-likeness (QED) is 0.803. The van der Waals surface area contributed by atoms with Crippen LogP contribution in [0.2, 0.25) is 5.02 Å². The minimum Gasteiger partial charge on any atom is -0.350 e. The number of halogens is 1. The summed E-state index contributed by atoms with van der Waals surface area (Å²) in [4.78, 5) is 15.3. The lowest BCUT2D eigenvalue weighted by atomic mass is 10.3. The van der Waals surface area contributed by atoms with Crippen molar-refractivity contribution >= 4 is 29.3 Å². The number of hydrogen-bond acceptors (Lipinski definition) is 3. The third-order valence-electron chi connectivity index (χ3n) is 1.55. The van der Waals surface area contributed by atoms with Crippen LogP contribution in [0.25, 0.3) is 0 Å². The predicted molar refractivity (Wildman–Crippen MR) is 60.0 cm³/mol. The van der Waals surface area contributed by atoms with E-state index in [9.17, 15) is 4.79 Å². The summed E-state index contributed by atoms with van der Waals surface area (Å²) in [5.74, 6) is 0.716. The molecule has 0 saturated heterocycles. The van der Waals surface area contributed by atoms with Gasteiger partial charge in [-0.05, 0) is 18.4 Å². The Morgan fingerprint density at radius 2 is 2.50 bits per heavy atom. The number of nitrogens with zero attached hydrogens (tertiary/aromatic N) is 1. The van der Waals surface area contributed by atoms with Crippen LogP contribution in [-0.4, -0.2) is 29.4 Å². The Morgan fingerprint density at radius 1 is 1.71 bits per heavy atom. The smallest absolute Gasteiger partial charge is 0.269 e. The molecule has 1 amide bonds. The Kier molecular flexibility index (Phi) is 4.76. The minimum atomic E-state index is -0.179.